The first-order chi connectivity index (χ1) is 5.29. The Kier molecular flexibility index (Phi) is 1.72. The Morgan fingerprint density at radius 2 is 1.82 bits per heavy atom. The summed E-state index contributed by atoms with van der Waals surface area (Å²) in [5.74, 6) is 0. The second kappa shape index (κ2) is 2.59. The van der Waals surface area contributed by atoms with Crippen LogP contribution in [0.4, 0.5) is 4.39 Å². The summed E-state index contributed by atoms with van der Waals surface area (Å²) >= 11 is 1.32. The van der Waals surface area contributed by atoms with E-state index in [2.05, 4.69) is 0 Å². The van der Waals surface area contributed by atoms with Gasteiger partial charge in [-0.2, -0.15) is 4.39 Å². The van der Waals surface area contributed by atoms with Crippen LogP contribution in [-0.2, 0) is 12.8 Å². The fraction of sp³-hybridized carbons (Fsp3) is 0.556. The van der Waals surface area contributed by atoms with Crippen LogP contribution in [0.15, 0.2) is 0 Å². The quantitative estimate of drug-likeness (QED) is 0.561. The third kappa shape index (κ3) is 1.09. The highest BCUT2D eigenvalue weighted by atomic mass is 32.1. The molecule has 0 aliphatic heterocycles. The van der Waals surface area contributed by atoms with E-state index in [1.807, 2.05) is 6.92 Å². The summed E-state index contributed by atoms with van der Waals surface area (Å²) in [6, 6.07) is 0. The van der Waals surface area contributed by atoms with Gasteiger partial charge in [0, 0.05) is 10.4 Å². The molecule has 1 aromatic rings. The molecule has 0 amide bonds. The van der Waals surface area contributed by atoms with E-state index in [4.69, 9.17) is 0 Å². The third-order valence-electron chi connectivity index (χ3n) is 2.37. The van der Waals surface area contributed by atoms with Gasteiger partial charge in [-0.15, -0.1) is 11.3 Å². The maximum absolute atomic E-state index is 13.1. The van der Waals surface area contributed by atoms with E-state index in [1.54, 1.807) is 0 Å². The molecule has 0 aromatic carbocycles. The van der Waals surface area contributed by atoms with E-state index >= 15 is 0 Å². The second-order valence-electron chi connectivity index (χ2n) is 3.10. The Bertz CT molecular complexity index is 249. The van der Waals surface area contributed by atoms with Crippen molar-refractivity contribution in [2.24, 2.45) is 0 Å². The molecule has 0 saturated heterocycles. The molecule has 2 rings (SSSR count). The molecule has 1 aliphatic carbocycles. The molecule has 1 heterocycles. The molecule has 0 N–H and O–H groups in total. The Balaban J connectivity index is 2.52. The smallest absolute Gasteiger partial charge is 0.180 e. The lowest BCUT2D eigenvalue weighted by Crippen LogP contribution is -2.01. The van der Waals surface area contributed by atoms with Gasteiger partial charge in [0.15, 0.2) is 5.13 Å². The van der Waals surface area contributed by atoms with Gasteiger partial charge < -0.3 is 0 Å². The van der Waals surface area contributed by atoms with Crippen molar-refractivity contribution in [2.75, 3.05) is 0 Å². The third-order valence-corrected chi connectivity index (χ3v) is 3.35. The van der Waals surface area contributed by atoms with Crippen LogP contribution in [0, 0.1) is 12.1 Å². The summed E-state index contributed by atoms with van der Waals surface area (Å²) in [6.45, 7) is 2.03. The lowest BCUT2D eigenvalue weighted by atomic mass is 9.94. The normalized spacial score (nSPS) is 16.5. The van der Waals surface area contributed by atoms with Crippen molar-refractivity contribution in [2.45, 2.75) is 32.6 Å². The van der Waals surface area contributed by atoms with Gasteiger partial charge in [0.25, 0.3) is 0 Å². The van der Waals surface area contributed by atoms with Crippen LogP contribution in [0.25, 0.3) is 0 Å². The van der Waals surface area contributed by atoms with E-state index in [0.717, 1.165) is 18.4 Å². The number of hydrogen-bond donors (Lipinski definition) is 0. The number of halogens is 1. The maximum Gasteiger partial charge on any atom is 0.180 e. The van der Waals surface area contributed by atoms with Gasteiger partial charge in [-0.25, -0.2) is 0 Å². The van der Waals surface area contributed by atoms with E-state index in [-0.39, 0.29) is 5.13 Å². The van der Waals surface area contributed by atoms with Crippen molar-refractivity contribution in [3.05, 3.63) is 21.1 Å². The minimum absolute atomic E-state index is 0.0669. The lowest BCUT2D eigenvalue weighted by molar-refractivity contribution is 0.605. The highest BCUT2D eigenvalue weighted by Crippen LogP contribution is 2.32. The number of fused-ring (bicyclic) bond motifs is 1. The first-order valence-electron chi connectivity index (χ1n) is 4.05. The van der Waals surface area contributed by atoms with Crippen LogP contribution in [0.3, 0.4) is 0 Å². The highest BCUT2D eigenvalue weighted by Gasteiger charge is 2.18. The topological polar surface area (TPSA) is 0 Å². The molecule has 60 valence electrons. The number of thiophene rings is 1. The van der Waals surface area contributed by atoms with Crippen molar-refractivity contribution >= 4 is 11.3 Å². The molecule has 0 atom stereocenters. The summed E-state index contributed by atoms with van der Waals surface area (Å²) in [7, 11) is 0. The molecular weight excluding hydrogens is 159 g/mol. The standard InChI is InChI=1S/C9H11FS/c1-6-7-4-2-3-5-8(7)9(10)11-6/h2-5H2,1H3. The fourth-order valence-corrected chi connectivity index (χ4v) is 2.73. The average Bonchev–Trinajstić information content (AvgIpc) is 2.30. The summed E-state index contributed by atoms with van der Waals surface area (Å²) in [4.78, 5) is 1.19. The number of aryl methyl sites for hydroxylation is 1. The molecule has 0 unspecified atom stereocenters. The zero-order chi connectivity index (χ0) is 7.84. The first kappa shape index (κ1) is 7.29. The van der Waals surface area contributed by atoms with Gasteiger partial charge in [0.05, 0.1) is 0 Å². The average molecular weight is 170 g/mol. The summed E-state index contributed by atoms with van der Waals surface area (Å²) in [5, 5.41) is 0.0669. The minimum atomic E-state index is 0.0669. The van der Waals surface area contributed by atoms with Gasteiger partial charge in [-0.05, 0) is 38.2 Å². The van der Waals surface area contributed by atoms with Crippen LogP contribution in [0.1, 0.15) is 28.8 Å². The van der Waals surface area contributed by atoms with Crippen molar-refractivity contribution in [3.63, 3.8) is 0 Å². The molecule has 0 saturated carbocycles. The van der Waals surface area contributed by atoms with Crippen LogP contribution in [-0.4, -0.2) is 0 Å². The zero-order valence-electron chi connectivity index (χ0n) is 6.61. The van der Waals surface area contributed by atoms with Gasteiger partial charge in [-0.3, -0.25) is 0 Å². The SMILES string of the molecule is Cc1sc(F)c2c1CCCC2. The van der Waals surface area contributed by atoms with E-state index in [1.165, 1.54) is 34.6 Å². The van der Waals surface area contributed by atoms with Crippen LogP contribution in [0.2, 0.25) is 0 Å². The van der Waals surface area contributed by atoms with Crippen molar-refractivity contribution in [1.82, 2.24) is 0 Å². The number of rotatable bonds is 0. The Labute approximate surface area is 70.1 Å². The van der Waals surface area contributed by atoms with Crippen molar-refractivity contribution < 1.29 is 4.39 Å². The molecule has 0 spiro atoms. The van der Waals surface area contributed by atoms with Crippen LogP contribution < -0.4 is 0 Å². The summed E-state index contributed by atoms with van der Waals surface area (Å²) < 4.78 is 13.1. The van der Waals surface area contributed by atoms with Gasteiger partial charge in [-0.1, -0.05) is 0 Å². The molecular formula is C9H11FS. The first-order valence-corrected chi connectivity index (χ1v) is 4.87. The minimum Gasteiger partial charge on any atom is -0.195 e. The lowest BCUT2D eigenvalue weighted by Gasteiger charge is -2.10. The summed E-state index contributed by atoms with van der Waals surface area (Å²) in [5.41, 5.74) is 2.32. The Hall–Kier alpha value is -0.370. The largest absolute Gasteiger partial charge is 0.195 e. The van der Waals surface area contributed by atoms with Gasteiger partial charge in [0.2, 0.25) is 0 Å². The predicted octanol–water partition coefficient (Wildman–Crippen LogP) is 3.07. The van der Waals surface area contributed by atoms with E-state index in [0.29, 0.717) is 0 Å². The summed E-state index contributed by atoms with van der Waals surface area (Å²) in [6.07, 6.45) is 4.47. The maximum atomic E-state index is 13.1. The van der Waals surface area contributed by atoms with Gasteiger partial charge >= 0.3 is 0 Å². The molecule has 0 radical (unpaired) electrons. The van der Waals surface area contributed by atoms with Crippen LogP contribution in [0.5, 0.6) is 0 Å². The molecule has 0 nitrogen and oxygen atoms in total. The number of hydrogen-bond acceptors (Lipinski definition) is 1. The molecule has 1 aliphatic rings. The zero-order valence-corrected chi connectivity index (χ0v) is 7.43. The van der Waals surface area contributed by atoms with Crippen LogP contribution >= 0.6 is 11.3 Å². The molecule has 0 fully saturated rings. The molecule has 2 heteroatoms. The fourth-order valence-electron chi connectivity index (χ4n) is 1.77. The Morgan fingerprint density at radius 1 is 1.18 bits per heavy atom. The molecule has 1 aromatic heterocycles. The van der Waals surface area contributed by atoms with Gasteiger partial charge in [0.1, 0.15) is 0 Å². The van der Waals surface area contributed by atoms with Crippen molar-refractivity contribution in [1.29, 1.82) is 0 Å². The molecule has 0 bridgehead atoms. The molecule has 11 heavy (non-hydrogen) atoms. The highest BCUT2D eigenvalue weighted by molar-refractivity contribution is 7.10. The Morgan fingerprint density at radius 3 is 2.45 bits per heavy atom. The van der Waals surface area contributed by atoms with Crippen molar-refractivity contribution in [3.8, 4) is 0 Å². The van der Waals surface area contributed by atoms with E-state index < -0.39 is 0 Å². The second-order valence-corrected chi connectivity index (χ2v) is 4.27. The monoisotopic (exact) mass is 170 g/mol. The predicted molar refractivity (Wildman–Crippen MR) is 45.7 cm³/mol. The van der Waals surface area contributed by atoms with E-state index in [9.17, 15) is 4.39 Å².